The van der Waals surface area contributed by atoms with Gasteiger partial charge >= 0.3 is 0 Å². The van der Waals surface area contributed by atoms with Crippen LogP contribution in [0.5, 0.6) is 5.75 Å². The van der Waals surface area contributed by atoms with Crippen molar-refractivity contribution in [2.24, 2.45) is 0 Å². The predicted octanol–water partition coefficient (Wildman–Crippen LogP) is 4.23. The summed E-state index contributed by atoms with van der Waals surface area (Å²) in [7, 11) is 5.46. The predicted molar refractivity (Wildman–Crippen MR) is 132 cm³/mol. The van der Waals surface area contributed by atoms with E-state index in [1.54, 1.807) is 37.7 Å². The van der Waals surface area contributed by atoms with Gasteiger partial charge < -0.3 is 19.9 Å². The van der Waals surface area contributed by atoms with Crippen LogP contribution >= 0.6 is 0 Å². The first-order valence-corrected chi connectivity index (χ1v) is 10.6. The quantitative estimate of drug-likeness (QED) is 0.407. The molecule has 3 heterocycles. The number of nitriles is 1. The van der Waals surface area contributed by atoms with Gasteiger partial charge in [-0.1, -0.05) is 6.08 Å². The van der Waals surface area contributed by atoms with E-state index in [-0.39, 0.29) is 5.91 Å². The van der Waals surface area contributed by atoms with E-state index >= 15 is 0 Å². The van der Waals surface area contributed by atoms with Gasteiger partial charge in [0.25, 0.3) is 0 Å². The monoisotopic (exact) mass is 452 g/mol. The van der Waals surface area contributed by atoms with Crippen LogP contribution in [-0.2, 0) is 4.79 Å². The van der Waals surface area contributed by atoms with Gasteiger partial charge in [-0.3, -0.25) is 4.79 Å². The Bertz CT molecular complexity index is 1410. The molecule has 8 heteroatoms. The van der Waals surface area contributed by atoms with Crippen LogP contribution in [0.25, 0.3) is 33.3 Å². The molecule has 4 aromatic rings. The van der Waals surface area contributed by atoms with Crippen molar-refractivity contribution >= 4 is 22.6 Å². The first-order valence-electron chi connectivity index (χ1n) is 10.6. The number of likely N-dealkylation sites (N-methyl/N-ethyl adjacent to an activating group) is 1. The Hall–Kier alpha value is -4.48. The van der Waals surface area contributed by atoms with Gasteiger partial charge in [0.15, 0.2) is 0 Å². The van der Waals surface area contributed by atoms with Crippen LogP contribution in [0.4, 0.5) is 5.69 Å². The third-order valence-electron chi connectivity index (χ3n) is 5.20. The maximum atomic E-state index is 12.3. The fraction of sp³-hybridized carbons (Fsp3) is 0.154. The molecular weight excluding hydrogens is 428 g/mol. The first-order chi connectivity index (χ1) is 16.5. The number of nitrogens with one attached hydrogen (secondary N) is 2. The van der Waals surface area contributed by atoms with Crippen molar-refractivity contribution in [3.05, 3.63) is 72.8 Å². The van der Waals surface area contributed by atoms with Crippen molar-refractivity contribution < 1.29 is 9.53 Å². The molecule has 2 N–H and O–H groups in total. The number of hydrogen-bond acceptors (Lipinski definition) is 6. The molecule has 0 aliphatic carbocycles. The number of anilines is 1. The number of carbonyl (C=O) groups excluding carboxylic acids is 1. The molecule has 0 saturated carbocycles. The molecule has 0 bridgehead atoms. The third kappa shape index (κ3) is 5.11. The fourth-order valence-corrected chi connectivity index (χ4v) is 3.57. The fourth-order valence-electron chi connectivity index (χ4n) is 3.57. The second kappa shape index (κ2) is 9.98. The number of rotatable bonds is 7. The average Bonchev–Trinajstić information content (AvgIpc) is 3.27. The van der Waals surface area contributed by atoms with E-state index in [4.69, 9.17) is 4.74 Å². The lowest BCUT2D eigenvalue weighted by Gasteiger charge is -2.10. The minimum absolute atomic E-state index is 0.214. The lowest BCUT2D eigenvalue weighted by molar-refractivity contribution is -0.111. The second-order valence-corrected chi connectivity index (χ2v) is 7.97. The zero-order chi connectivity index (χ0) is 24.1. The average molecular weight is 453 g/mol. The minimum atomic E-state index is -0.214. The highest BCUT2D eigenvalue weighted by Gasteiger charge is 2.12. The largest absolute Gasteiger partial charge is 0.497 e. The zero-order valence-electron chi connectivity index (χ0n) is 19.2. The number of H-pyrrole nitrogens is 1. The van der Waals surface area contributed by atoms with E-state index in [1.807, 2.05) is 49.5 Å². The maximum absolute atomic E-state index is 12.3. The van der Waals surface area contributed by atoms with Crippen LogP contribution in [0.3, 0.4) is 0 Å². The van der Waals surface area contributed by atoms with Gasteiger partial charge in [0.1, 0.15) is 23.2 Å². The van der Waals surface area contributed by atoms with Gasteiger partial charge in [-0.25, -0.2) is 9.97 Å². The number of aromatic amines is 1. The SMILES string of the molecule is COc1cc(NC(=O)/C=C/CN(C)C)cc(-c2cnc3[nH]cc(-c4ccnc(C#N)c4)c3c2)c1. The molecule has 0 saturated heterocycles. The summed E-state index contributed by atoms with van der Waals surface area (Å²) in [6.07, 6.45) is 8.58. The summed E-state index contributed by atoms with van der Waals surface area (Å²) >= 11 is 0. The normalized spacial score (nSPS) is 11.1. The molecule has 1 aromatic carbocycles. The van der Waals surface area contributed by atoms with Crippen molar-refractivity contribution in [1.29, 1.82) is 5.26 Å². The number of amides is 1. The highest BCUT2D eigenvalue weighted by atomic mass is 16.5. The highest BCUT2D eigenvalue weighted by molar-refractivity contribution is 6.00. The van der Waals surface area contributed by atoms with Crippen LogP contribution in [0.1, 0.15) is 5.69 Å². The maximum Gasteiger partial charge on any atom is 0.248 e. The number of hydrogen-bond donors (Lipinski definition) is 2. The molecule has 0 unspecified atom stereocenters. The van der Waals surface area contributed by atoms with Gasteiger partial charge in [-0.2, -0.15) is 5.26 Å². The van der Waals surface area contributed by atoms with Gasteiger partial charge in [-0.05, 0) is 55.6 Å². The molecule has 170 valence electrons. The van der Waals surface area contributed by atoms with E-state index in [0.29, 0.717) is 23.7 Å². The first kappa shape index (κ1) is 22.7. The van der Waals surface area contributed by atoms with E-state index in [0.717, 1.165) is 33.3 Å². The number of aromatic nitrogens is 3. The van der Waals surface area contributed by atoms with Gasteiger partial charge in [0.05, 0.1) is 7.11 Å². The van der Waals surface area contributed by atoms with Gasteiger partial charge in [0.2, 0.25) is 5.91 Å². The van der Waals surface area contributed by atoms with E-state index in [9.17, 15) is 10.1 Å². The number of ether oxygens (including phenoxy) is 1. The Morgan fingerprint density at radius 3 is 2.79 bits per heavy atom. The van der Waals surface area contributed by atoms with Crippen LogP contribution in [0.2, 0.25) is 0 Å². The Kier molecular flexibility index (Phi) is 6.67. The molecule has 3 aromatic heterocycles. The summed E-state index contributed by atoms with van der Waals surface area (Å²) in [6, 6.07) is 13.3. The molecular formula is C26H24N6O2. The summed E-state index contributed by atoms with van der Waals surface area (Å²) in [5, 5.41) is 13.0. The number of carbonyl (C=O) groups is 1. The number of pyridine rings is 2. The molecule has 0 aliphatic rings. The zero-order valence-corrected chi connectivity index (χ0v) is 19.2. The third-order valence-corrected chi connectivity index (χ3v) is 5.20. The summed E-state index contributed by atoms with van der Waals surface area (Å²) < 4.78 is 5.46. The summed E-state index contributed by atoms with van der Waals surface area (Å²) in [4.78, 5) is 26.1. The molecule has 0 spiro atoms. The highest BCUT2D eigenvalue weighted by Crippen LogP contribution is 2.33. The van der Waals surface area contributed by atoms with Crippen LogP contribution in [-0.4, -0.2) is 53.5 Å². The van der Waals surface area contributed by atoms with Gasteiger partial charge in [-0.15, -0.1) is 0 Å². The minimum Gasteiger partial charge on any atom is -0.497 e. The molecule has 0 fully saturated rings. The molecule has 8 nitrogen and oxygen atoms in total. The molecule has 0 radical (unpaired) electrons. The lowest BCUT2D eigenvalue weighted by Crippen LogP contribution is -2.13. The summed E-state index contributed by atoms with van der Waals surface area (Å²) in [5.41, 5.74) is 5.21. The Labute approximate surface area is 197 Å². The molecule has 4 rings (SSSR count). The van der Waals surface area contributed by atoms with Crippen molar-refractivity contribution in [3.63, 3.8) is 0 Å². The van der Waals surface area contributed by atoms with Crippen LogP contribution in [0, 0.1) is 11.3 Å². The van der Waals surface area contributed by atoms with E-state index in [1.165, 1.54) is 6.08 Å². The standard InChI is InChI=1S/C26H24N6O2/c1-32(2)8-4-5-25(33)31-20-10-18(11-22(13-20)34-3)19-12-23-24(16-30-26(23)29-15-19)17-6-7-28-21(9-17)14-27/h4-7,9-13,15-16H,8H2,1-3H3,(H,29,30)(H,31,33)/b5-4+. The van der Waals surface area contributed by atoms with Crippen molar-refractivity contribution in [3.8, 4) is 34.1 Å². The molecule has 1 amide bonds. The van der Waals surface area contributed by atoms with Crippen LogP contribution < -0.4 is 10.1 Å². The Morgan fingerprint density at radius 1 is 1.18 bits per heavy atom. The Morgan fingerprint density at radius 2 is 2.03 bits per heavy atom. The molecule has 0 aliphatic heterocycles. The van der Waals surface area contributed by atoms with Crippen molar-refractivity contribution in [2.45, 2.75) is 0 Å². The number of fused-ring (bicyclic) bond motifs is 1. The van der Waals surface area contributed by atoms with E-state index < -0.39 is 0 Å². The summed E-state index contributed by atoms with van der Waals surface area (Å²) in [5.74, 6) is 0.404. The van der Waals surface area contributed by atoms with Crippen molar-refractivity contribution in [2.75, 3.05) is 33.1 Å². The van der Waals surface area contributed by atoms with Crippen molar-refractivity contribution in [1.82, 2.24) is 19.9 Å². The lowest BCUT2D eigenvalue weighted by atomic mass is 10.0. The summed E-state index contributed by atoms with van der Waals surface area (Å²) in [6.45, 7) is 0.675. The van der Waals surface area contributed by atoms with E-state index in [2.05, 4.69) is 26.3 Å². The molecule has 0 atom stereocenters. The number of nitrogens with zero attached hydrogens (tertiary/aromatic N) is 4. The molecule has 34 heavy (non-hydrogen) atoms. The van der Waals surface area contributed by atoms with Crippen LogP contribution in [0.15, 0.2) is 67.1 Å². The second-order valence-electron chi connectivity index (χ2n) is 7.97. The number of methoxy groups -OCH3 is 1. The smallest absolute Gasteiger partial charge is 0.248 e. The topological polar surface area (TPSA) is 107 Å². The number of benzene rings is 1. The Balaban J connectivity index is 1.69. The van der Waals surface area contributed by atoms with Gasteiger partial charge in [0, 0.05) is 59.5 Å².